The van der Waals surface area contributed by atoms with Crippen LogP contribution in [0.2, 0.25) is 0 Å². The Morgan fingerprint density at radius 3 is 3.08 bits per heavy atom. The number of aromatic nitrogens is 2. The van der Waals surface area contributed by atoms with Crippen LogP contribution in [0.5, 0.6) is 0 Å². The first kappa shape index (κ1) is 8.29. The van der Waals surface area contributed by atoms with Gasteiger partial charge in [0, 0.05) is 6.20 Å². The fourth-order valence-electron chi connectivity index (χ4n) is 1.51. The summed E-state index contributed by atoms with van der Waals surface area (Å²) < 4.78 is 0. The standard InChI is InChI=1S/C9H13N3O/c1-2-4-9(3-1)13-11-7-8-5-6-10-12-8/h5-7,9H,1-4H2,(H,10,12)/b11-7+. The smallest absolute Gasteiger partial charge is 0.127 e. The molecule has 70 valence electrons. The number of nitrogens with zero attached hydrogens (tertiary/aromatic N) is 2. The van der Waals surface area contributed by atoms with E-state index in [0.717, 1.165) is 18.5 Å². The van der Waals surface area contributed by atoms with Crippen LogP contribution < -0.4 is 0 Å². The van der Waals surface area contributed by atoms with Gasteiger partial charge in [-0.3, -0.25) is 5.10 Å². The number of nitrogens with one attached hydrogen (secondary N) is 1. The quantitative estimate of drug-likeness (QED) is 0.567. The predicted octanol–water partition coefficient (Wildman–Crippen LogP) is 1.70. The van der Waals surface area contributed by atoms with E-state index in [4.69, 9.17) is 4.84 Å². The molecule has 1 N–H and O–H groups in total. The van der Waals surface area contributed by atoms with Gasteiger partial charge in [-0.2, -0.15) is 5.10 Å². The van der Waals surface area contributed by atoms with Gasteiger partial charge < -0.3 is 4.84 Å². The van der Waals surface area contributed by atoms with Crippen molar-refractivity contribution in [2.45, 2.75) is 31.8 Å². The highest BCUT2D eigenvalue weighted by molar-refractivity contribution is 5.75. The van der Waals surface area contributed by atoms with Crippen LogP contribution in [0.4, 0.5) is 0 Å². The Labute approximate surface area is 77.0 Å². The largest absolute Gasteiger partial charge is 0.392 e. The van der Waals surface area contributed by atoms with Gasteiger partial charge in [0.2, 0.25) is 0 Å². The van der Waals surface area contributed by atoms with Crippen LogP contribution in [0.25, 0.3) is 0 Å². The summed E-state index contributed by atoms with van der Waals surface area (Å²) >= 11 is 0. The summed E-state index contributed by atoms with van der Waals surface area (Å²) in [5.41, 5.74) is 0.873. The third-order valence-corrected chi connectivity index (χ3v) is 2.23. The van der Waals surface area contributed by atoms with Gasteiger partial charge in [0.05, 0.1) is 11.9 Å². The van der Waals surface area contributed by atoms with Crippen LogP contribution in [0, 0.1) is 0 Å². The fraction of sp³-hybridized carbons (Fsp3) is 0.556. The van der Waals surface area contributed by atoms with E-state index < -0.39 is 0 Å². The Morgan fingerprint density at radius 1 is 1.54 bits per heavy atom. The summed E-state index contributed by atoms with van der Waals surface area (Å²) in [7, 11) is 0. The highest BCUT2D eigenvalue weighted by atomic mass is 16.6. The average Bonchev–Trinajstić information content (AvgIpc) is 2.75. The van der Waals surface area contributed by atoms with Gasteiger partial charge in [-0.15, -0.1) is 0 Å². The van der Waals surface area contributed by atoms with Gasteiger partial charge in [-0.1, -0.05) is 5.16 Å². The van der Waals surface area contributed by atoms with Crippen LogP contribution in [0.3, 0.4) is 0 Å². The van der Waals surface area contributed by atoms with Crippen molar-refractivity contribution in [2.75, 3.05) is 0 Å². The zero-order valence-corrected chi connectivity index (χ0v) is 7.44. The Balaban J connectivity index is 1.78. The maximum atomic E-state index is 5.30. The van der Waals surface area contributed by atoms with Gasteiger partial charge >= 0.3 is 0 Å². The van der Waals surface area contributed by atoms with Crippen LogP contribution in [0.1, 0.15) is 31.4 Å². The molecule has 1 aromatic rings. The van der Waals surface area contributed by atoms with Gasteiger partial charge in [-0.25, -0.2) is 0 Å². The van der Waals surface area contributed by atoms with Gasteiger partial charge in [0.15, 0.2) is 0 Å². The molecule has 0 aliphatic heterocycles. The van der Waals surface area contributed by atoms with E-state index in [0.29, 0.717) is 6.10 Å². The molecule has 2 rings (SSSR count). The lowest BCUT2D eigenvalue weighted by Gasteiger charge is -2.04. The van der Waals surface area contributed by atoms with Crippen molar-refractivity contribution in [3.63, 3.8) is 0 Å². The minimum absolute atomic E-state index is 0.333. The first-order valence-corrected chi connectivity index (χ1v) is 4.64. The predicted molar refractivity (Wildman–Crippen MR) is 49.5 cm³/mol. The van der Waals surface area contributed by atoms with E-state index in [-0.39, 0.29) is 0 Å². The Hall–Kier alpha value is -1.32. The molecule has 0 unspecified atom stereocenters. The molecule has 13 heavy (non-hydrogen) atoms. The lowest BCUT2D eigenvalue weighted by atomic mass is 10.3. The lowest BCUT2D eigenvalue weighted by Crippen LogP contribution is -2.02. The van der Waals surface area contributed by atoms with Crippen molar-refractivity contribution in [3.8, 4) is 0 Å². The maximum absolute atomic E-state index is 5.30. The van der Waals surface area contributed by atoms with Crippen molar-refractivity contribution >= 4 is 6.21 Å². The topological polar surface area (TPSA) is 50.3 Å². The third-order valence-electron chi connectivity index (χ3n) is 2.23. The second-order valence-electron chi connectivity index (χ2n) is 3.26. The molecule has 1 aliphatic rings. The molecule has 0 spiro atoms. The number of hydrogen-bond acceptors (Lipinski definition) is 3. The molecular formula is C9H13N3O. The van der Waals surface area contributed by atoms with Gasteiger partial charge in [-0.05, 0) is 31.7 Å². The molecule has 0 aromatic carbocycles. The van der Waals surface area contributed by atoms with Gasteiger partial charge in [0.25, 0.3) is 0 Å². The molecule has 4 heteroatoms. The normalized spacial score (nSPS) is 18.5. The van der Waals surface area contributed by atoms with Gasteiger partial charge in [0.1, 0.15) is 6.10 Å². The lowest BCUT2D eigenvalue weighted by molar-refractivity contribution is 0.0657. The molecule has 0 atom stereocenters. The molecule has 1 aromatic heterocycles. The number of hydrogen-bond donors (Lipinski definition) is 1. The van der Waals surface area contributed by atoms with E-state index in [1.165, 1.54) is 12.8 Å². The Bertz CT molecular complexity index is 262. The minimum Gasteiger partial charge on any atom is -0.392 e. The maximum Gasteiger partial charge on any atom is 0.127 e. The Kier molecular flexibility index (Phi) is 2.59. The summed E-state index contributed by atoms with van der Waals surface area (Å²) in [6.45, 7) is 0. The first-order valence-electron chi connectivity index (χ1n) is 4.64. The number of rotatable bonds is 3. The summed E-state index contributed by atoms with van der Waals surface area (Å²) in [5.74, 6) is 0. The molecule has 1 fully saturated rings. The zero-order chi connectivity index (χ0) is 8.93. The van der Waals surface area contributed by atoms with Crippen LogP contribution in [-0.4, -0.2) is 22.5 Å². The van der Waals surface area contributed by atoms with Crippen molar-refractivity contribution < 1.29 is 4.84 Å². The molecule has 1 heterocycles. The van der Waals surface area contributed by atoms with E-state index in [9.17, 15) is 0 Å². The van der Waals surface area contributed by atoms with Crippen LogP contribution >= 0.6 is 0 Å². The van der Waals surface area contributed by atoms with Crippen LogP contribution in [0.15, 0.2) is 17.4 Å². The minimum atomic E-state index is 0.333. The zero-order valence-electron chi connectivity index (χ0n) is 7.44. The fourth-order valence-corrected chi connectivity index (χ4v) is 1.51. The van der Waals surface area contributed by atoms with E-state index >= 15 is 0 Å². The van der Waals surface area contributed by atoms with Crippen molar-refractivity contribution in [1.82, 2.24) is 10.2 Å². The second kappa shape index (κ2) is 4.07. The molecule has 0 amide bonds. The molecule has 0 bridgehead atoms. The number of H-pyrrole nitrogens is 1. The highest BCUT2D eigenvalue weighted by Crippen LogP contribution is 2.20. The third kappa shape index (κ3) is 2.31. The first-order chi connectivity index (χ1) is 6.45. The Morgan fingerprint density at radius 2 is 2.38 bits per heavy atom. The van der Waals surface area contributed by atoms with E-state index in [1.54, 1.807) is 12.4 Å². The molecule has 4 nitrogen and oxygen atoms in total. The molecule has 0 saturated heterocycles. The summed E-state index contributed by atoms with van der Waals surface area (Å²) in [5, 5.41) is 10.5. The van der Waals surface area contributed by atoms with E-state index in [1.807, 2.05) is 6.07 Å². The molecule has 1 aliphatic carbocycles. The van der Waals surface area contributed by atoms with Crippen molar-refractivity contribution in [1.29, 1.82) is 0 Å². The van der Waals surface area contributed by atoms with E-state index in [2.05, 4.69) is 15.4 Å². The molecular weight excluding hydrogens is 166 g/mol. The van der Waals surface area contributed by atoms with Crippen molar-refractivity contribution in [2.24, 2.45) is 5.16 Å². The SMILES string of the molecule is C(=N\OC1CCCC1)/c1ccn[nH]1. The highest BCUT2D eigenvalue weighted by Gasteiger charge is 2.15. The second-order valence-corrected chi connectivity index (χ2v) is 3.26. The molecule has 1 saturated carbocycles. The van der Waals surface area contributed by atoms with Crippen molar-refractivity contribution in [3.05, 3.63) is 18.0 Å². The summed E-state index contributed by atoms with van der Waals surface area (Å²) in [6, 6.07) is 1.85. The number of oxime groups is 1. The summed E-state index contributed by atoms with van der Waals surface area (Å²) in [6.07, 6.45) is 8.50. The van der Waals surface area contributed by atoms with Crippen LogP contribution in [-0.2, 0) is 4.84 Å². The summed E-state index contributed by atoms with van der Waals surface area (Å²) in [4.78, 5) is 5.30. The monoisotopic (exact) mass is 179 g/mol. The average molecular weight is 179 g/mol. The molecule has 0 radical (unpaired) electrons. The number of aromatic amines is 1.